The summed E-state index contributed by atoms with van der Waals surface area (Å²) in [5.41, 5.74) is 17.9. The van der Waals surface area contributed by atoms with Crippen molar-refractivity contribution in [1.82, 2.24) is 0 Å². The number of unbranched alkanes of at least 4 members (excludes halogenated alkanes) is 2. The lowest BCUT2D eigenvalue weighted by Crippen LogP contribution is -1.82. The van der Waals surface area contributed by atoms with Crippen LogP contribution < -0.4 is 0 Å². The third-order valence-corrected chi connectivity index (χ3v) is 10.8. The molecule has 0 nitrogen and oxygen atoms in total. The Labute approximate surface area is 377 Å². The number of hydrogen-bond donors (Lipinski definition) is 0. The van der Waals surface area contributed by atoms with Gasteiger partial charge in [-0.3, -0.25) is 0 Å². The summed E-state index contributed by atoms with van der Waals surface area (Å²) in [5.74, 6) is 0. The fraction of sp³-hybridized carbons (Fsp3) is 0.600. The van der Waals surface area contributed by atoms with Gasteiger partial charge in [-0.25, -0.2) is 0 Å². The Balaban J connectivity index is 0. The molecular weight excluding hydrogens is 721 g/mol. The maximum atomic E-state index is 2.43. The minimum absolute atomic E-state index is 1.17. The number of hydrogen-bond acceptors (Lipinski definition) is 0. The van der Waals surface area contributed by atoms with Gasteiger partial charge >= 0.3 is 0 Å². The molecule has 0 aliphatic rings. The zero-order valence-corrected chi connectivity index (χ0v) is 43.1. The summed E-state index contributed by atoms with van der Waals surface area (Å²) < 4.78 is 0. The van der Waals surface area contributed by atoms with E-state index in [9.17, 15) is 0 Å². The molecule has 0 aromatic rings. The van der Waals surface area contributed by atoms with Gasteiger partial charge in [0.15, 0.2) is 0 Å². The molecule has 0 unspecified atom stereocenters. The Bertz CT molecular complexity index is 1270. The summed E-state index contributed by atoms with van der Waals surface area (Å²) in [6, 6.07) is 0. The predicted octanol–water partition coefficient (Wildman–Crippen LogP) is 21.2. The molecule has 0 aromatic heterocycles. The van der Waals surface area contributed by atoms with Crippen molar-refractivity contribution in [3.63, 3.8) is 0 Å². The van der Waals surface area contributed by atoms with E-state index in [1.807, 2.05) is 0 Å². The van der Waals surface area contributed by atoms with Gasteiger partial charge in [0.1, 0.15) is 0 Å². The van der Waals surface area contributed by atoms with Crippen LogP contribution in [0.5, 0.6) is 0 Å². The second kappa shape index (κ2) is 40.0. The Morgan fingerprint density at radius 2 is 0.283 bits per heavy atom. The van der Waals surface area contributed by atoms with Gasteiger partial charge < -0.3 is 0 Å². The van der Waals surface area contributed by atoms with E-state index < -0.39 is 0 Å². The average molecular weight is 821 g/mol. The van der Waals surface area contributed by atoms with Gasteiger partial charge in [0.05, 0.1) is 0 Å². The van der Waals surface area contributed by atoms with Crippen LogP contribution in [0.15, 0.2) is 140 Å². The topological polar surface area (TPSA) is 0 Å². The van der Waals surface area contributed by atoms with E-state index in [0.717, 1.165) is 0 Å². The molecule has 0 aromatic carbocycles. The Morgan fingerprint density at radius 3 is 0.417 bits per heavy atom. The van der Waals surface area contributed by atoms with Crippen LogP contribution in [-0.4, -0.2) is 0 Å². The van der Waals surface area contributed by atoms with Gasteiger partial charge in [-0.15, -0.1) is 0 Å². The average Bonchev–Trinajstić information content (AvgIpc) is 3.15. The van der Waals surface area contributed by atoms with Gasteiger partial charge in [0.25, 0.3) is 0 Å². The molecule has 0 aliphatic heterocycles. The van der Waals surface area contributed by atoms with Crippen molar-refractivity contribution >= 4 is 0 Å². The molecule has 0 N–H and O–H groups in total. The Morgan fingerprint density at radius 1 is 0.167 bits per heavy atom. The van der Waals surface area contributed by atoms with Crippen molar-refractivity contribution in [2.75, 3.05) is 0 Å². The van der Waals surface area contributed by atoms with E-state index >= 15 is 0 Å². The summed E-state index contributed by atoms with van der Waals surface area (Å²) >= 11 is 0. The molecular formula is C60H100. The molecule has 0 bridgehead atoms. The van der Waals surface area contributed by atoms with E-state index in [-0.39, 0.29) is 0 Å². The Kier molecular flexibility index (Phi) is 39.3. The van der Waals surface area contributed by atoms with Crippen LogP contribution in [-0.2, 0) is 0 Å². The lowest BCUT2D eigenvalue weighted by Gasteiger charge is -2.02. The summed E-state index contributed by atoms with van der Waals surface area (Å²) in [6.45, 7) is 35.6. The monoisotopic (exact) mass is 821 g/mol. The largest absolute Gasteiger partial charge is 0.0856 e. The molecule has 0 spiro atoms. The normalized spacial score (nSPS) is 13.5. The predicted molar refractivity (Wildman–Crippen MR) is 280 cm³/mol. The van der Waals surface area contributed by atoms with Gasteiger partial charge in [-0.1, -0.05) is 140 Å². The van der Waals surface area contributed by atoms with Crippen LogP contribution in [0.1, 0.15) is 239 Å². The van der Waals surface area contributed by atoms with Crippen LogP contribution in [0.2, 0.25) is 0 Å². The van der Waals surface area contributed by atoms with E-state index in [4.69, 9.17) is 0 Å². The van der Waals surface area contributed by atoms with E-state index in [0.29, 0.717) is 0 Å². The minimum Gasteiger partial charge on any atom is -0.0856 e. The van der Waals surface area contributed by atoms with Gasteiger partial charge in [-0.2, -0.15) is 0 Å². The van der Waals surface area contributed by atoms with E-state index in [1.54, 1.807) is 0 Å². The number of allylic oxidation sites excluding steroid dienone is 24. The zero-order valence-electron chi connectivity index (χ0n) is 43.1. The lowest BCUT2D eigenvalue weighted by molar-refractivity contribution is 0.896. The van der Waals surface area contributed by atoms with Crippen LogP contribution in [0.3, 0.4) is 0 Å². The maximum Gasteiger partial charge on any atom is -0.0288 e. The molecule has 0 saturated heterocycles. The van der Waals surface area contributed by atoms with Crippen molar-refractivity contribution in [3.05, 3.63) is 140 Å². The Hall–Kier alpha value is -3.12. The summed E-state index contributed by atoms with van der Waals surface area (Å²) in [5, 5.41) is 0. The lowest BCUT2D eigenvalue weighted by atomic mass is 10.0. The zero-order chi connectivity index (χ0) is 45.6. The quantitative estimate of drug-likeness (QED) is 0.0500. The van der Waals surface area contributed by atoms with Crippen molar-refractivity contribution in [3.8, 4) is 0 Å². The van der Waals surface area contributed by atoms with Gasteiger partial charge in [-0.05, 0) is 239 Å². The first-order valence-corrected chi connectivity index (χ1v) is 24.2. The van der Waals surface area contributed by atoms with Crippen molar-refractivity contribution in [2.45, 2.75) is 239 Å². The van der Waals surface area contributed by atoms with Crippen LogP contribution >= 0.6 is 0 Å². The number of rotatable bonds is 30. The summed E-state index contributed by atoms with van der Waals surface area (Å²) in [4.78, 5) is 0. The third-order valence-electron chi connectivity index (χ3n) is 10.8. The third kappa shape index (κ3) is 46.0. The smallest absolute Gasteiger partial charge is 0.0288 e. The first-order chi connectivity index (χ1) is 28.4. The van der Waals surface area contributed by atoms with Crippen LogP contribution in [0, 0.1) is 0 Å². The molecule has 0 radical (unpaired) electrons. The standard InChI is InChI=1S/2C30H50/c2*1-25(2)15-11-19-29(7)23-13-21-27(5)17-9-10-18-28(6)22-14-24-30(8)20-12-16-26(3)4/h2*15-18,23-24H,9-14,19-22H2,1-8H3/b2*27-17+,28-18+,29-23+,30-24+. The first kappa shape index (κ1) is 59.0. The SMILES string of the molecule is CC(C)=CCC/C(C)=C/CC/C(C)=C/CC/C=C(\C)CC/C=C(\C)CCC=C(C)C.CC(C)=CCC/C(C)=C/CC/C(C)=C/CC/C=C(\C)CC/C=C(\C)CCC=C(C)C. The highest BCUT2D eigenvalue weighted by Crippen LogP contribution is 2.17. The molecule has 0 saturated carbocycles. The summed E-state index contributed by atoms with van der Waals surface area (Å²) in [7, 11) is 0. The van der Waals surface area contributed by atoms with Gasteiger partial charge in [0.2, 0.25) is 0 Å². The molecule has 0 amide bonds. The fourth-order valence-electron chi connectivity index (χ4n) is 6.67. The molecule has 0 heterocycles. The highest BCUT2D eigenvalue weighted by Gasteiger charge is 1.96. The van der Waals surface area contributed by atoms with Crippen molar-refractivity contribution in [2.24, 2.45) is 0 Å². The maximum absolute atomic E-state index is 2.43. The molecule has 0 rings (SSSR count). The van der Waals surface area contributed by atoms with Crippen LogP contribution in [0.25, 0.3) is 0 Å². The second-order valence-electron chi connectivity index (χ2n) is 19.0. The van der Waals surface area contributed by atoms with Crippen molar-refractivity contribution < 1.29 is 0 Å². The molecule has 340 valence electrons. The first-order valence-electron chi connectivity index (χ1n) is 24.2. The molecule has 60 heavy (non-hydrogen) atoms. The molecule has 0 heteroatoms. The molecule has 0 aliphatic carbocycles. The highest BCUT2D eigenvalue weighted by molar-refractivity contribution is 5.10. The van der Waals surface area contributed by atoms with Gasteiger partial charge in [0, 0.05) is 0 Å². The van der Waals surface area contributed by atoms with E-state index in [1.165, 1.54) is 195 Å². The summed E-state index contributed by atoms with van der Waals surface area (Å²) in [6.07, 6.45) is 52.4. The molecule has 0 atom stereocenters. The minimum atomic E-state index is 1.17. The molecule has 0 fully saturated rings. The fourth-order valence-corrected chi connectivity index (χ4v) is 6.67. The second-order valence-corrected chi connectivity index (χ2v) is 19.0. The van der Waals surface area contributed by atoms with E-state index in [2.05, 4.69) is 184 Å². The van der Waals surface area contributed by atoms with Crippen LogP contribution in [0.4, 0.5) is 0 Å². The highest BCUT2D eigenvalue weighted by atomic mass is 14.0. The van der Waals surface area contributed by atoms with Crippen molar-refractivity contribution in [1.29, 1.82) is 0 Å².